The van der Waals surface area contributed by atoms with Crippen LogP contribution in [0.5, 0.6) is 5.75 Å². The first kappa shape index (κ1) is 22.1. The van der Waals surface area contributed by atoms with Gasteiger partial charge in [-0.05, 0) is 12.1 Å². The Morgan fingerprint density at radius 1 is 1.43 bits per heavy atom. The average Bonchev–Trinajstić information content (AvgIpc) is 3.32. The van der Waals surface area contributed by atoms with Gasteiger partial charge in [-0.25, -0.2) is 14.6 Å². The van der Waals surface area contributed by atoms with Crippen LogP contribution in [0.1, 0.15) is 10.5 Å². The van der Waals surface area contributed by atoms with Gasteiger partial charge in [-0.1, -0.05) is 42.1 Å². The number of benzene rings is 1. The van der Waals surface area contributed by atoms with Crippen molar-refractivity contribution in [1.82, 2.24) is 14.8 Å². The molecule has 30 heavy (non-hydrogen) atoms. The Morgan fingerprint density at radius 3 is 2.90 bits per heavy atom. The molecule has 0 saturated carbocycles. The van der Waals surface area contributed by atoms with Crippen LogP contribution in [0.3, 0.4) is 0 Å². The number of carboxylic acids is 1. The van der Waals surface area contributed by atoms with E-state index in [1.165, 1.54) is 28.5 Å². The molecule has 1 aliphatic heterocycles. The second-order valence-electron chi connectivity index (χ2n) is 6.65. The molecular formula is C20H23N3O5S2. The number of hydrogen-bond acceptors (Lipinski definition) is 7. The second-order valence-corrected chi connectivity index (χ2v) is 8.85. The van der Waals surface area contributed by atoms with Gasteiger partial charge in [-0.15, -0.1) is 11.3 Å². The lowest BCUT2D eigenvalue weighted by Crippen LogP contribution is -2.35. The van der Waals surface area contributed by atoms with Gasteiger partial charge in [0.05, 0.1) is 6.04 Å². The average molecular weight is 450 g/mol. The summed E-state index contributed by atoms with van der Waals surface area (Å²) in [6.45, 7) is 1.15. The molecule has 2 atom stereocenters. The van der Waals surface area contributed by atoms with Gasteiger partial charge in [0.2, 0.25) is 0 Å². The molecule has 1 aliphatic rings. The molecule has 0 radical (unpaired) electrons. The lowest BCUT2D eigenvalue weighted by atomic mass is 10.2. The Morgan fingerprint density at radius 2 is 2.20 bits per heavy atom. The van der Waals surface area contributed by atoms with Crippen molar-refractivity contribution >= 4 is 35.1 Å². The Hall–Kier alpha value is -2.56. The highest BCUT2D eigenvalue weighted by Gasteiger charge is 2.33. The van der Waals surface area contributed by atoms with Gasteiger partial charge in [-0.3, -0.25) is 0 Å². The molecule has 2 heterocycles. The summed E-state index contributed by atoms with van der Waals surface area (Å²) in [5.41, 5.74) is 0.0343. The Labute approximate surface area is 182 Å². The molecule has 1 aromatic carbocycles. The van der Waals surface area contributed by atoms with Crippen LogP contribution >= 0.6 is 23.1 Å². The first-order valence-electron chi connectivity index (χ1n) is 9.31. The highest BCUT2D eigenvalue weighted by Crippen LogP contribution is 2.24. The molecule has 0 bridgehead atoms. The van der Waals surface area contributed by atoms with Gasteiger partial charge in [-0.2, -0.15) is 0 Å². The number of carbonyl (C=O) groups excluding carboxylic acids is 1. The van der Waals surface area contributed by atoms with E-state index in [4.69, 9.17) is 9.84 Å². The number of ether oxygens (including phenoxy) is 1. The molecule has 0 spiro atoms. The summed E-state index contributed by atoms with van der Waals surface area (Å²) < 4.78 is 6.20. The number of aromatic carboxylic acids is 1. The molecule has 1 fully saturated rings. The summed E-state index contributed by atoms with van der Waals surface area (Å²) >= 11 is 2.70. The minimum atomic E-state index is -1.05. The number of thioether (sulfide) groups is 1. The zero-order valence-corrected chi connectivity index (χ0v) is 18.0. The van der Waals surface area contributed by atoms with Crippen LogP contribution in [0, 0.1) is 0 Å². The monoisotopic (exact) mass is 449 g/mol. The summed E-state index contributed by atoms with van der Waals surface area (Å²) in [5, 5.41) is 20.6. The number of likely N-dealkylation sites (N-methyl/N-ethyl adjacent to an activating group) is 1. The molecule has 8 nitrogen and oxygen atoms in total. The number of thiazole rings is 1. The van der Waals surface area contributed by atoms with Gasteiger partial charge < -0.3 is 24.7 Å². The van der Waals surface area contributed by atoms with Crippen LogP contribution in [-0.2, 0) is 0 Å². The molecule has 160 valence electrons. The lowest BCUT2D eigenvalue weighted by Gasteiger charge is -2.20. The van der Waals surface area contributed by atoms with Crippen molar-refractivity contribution in [3.63, 3.8) is 0 Å². The molecule has 1 unspecified atom stereocenters. The number of urea groups is 1. The maximum atomic E-state index is 12.4. The topological polar surface area (TPSA) is 103 Å². The van der Waals surface area contributed by atoms with E-state index in [2.05, 4.69) is 4.98 Å². The fourth-order valence-electron chi connectivity index (χ4n) is 2.91. The van der Waals surface area contributed by atoms with Crippen LogP contribution in [0.25, 0.3) is 0 Å². The Bertz CT molecular complexity index is 890. The van der Waals surface area contributed by atoms with E-state index in [0.717, 1.165) is 0 Å². The summed E-state index contributed by atoms with van der Waals surface area (Å²) in [5.74, 6) is 0.234. The molecule has 0 aliphatic carbocycles. The number of carboxylic acid groups (broad SMARTS) is 1. The number of amides is 2. The number of aromatic nitrogens is 1. The van der Waals surface area contributed by atoms with Gasteiger partial charge in [0, 0.05) is 31.3 Å². The molecule has 2 N–H and O–H groups in total. The number of nitrogens with zero attached hydrogens (tertiary/aromatic N) is 3. The largest absolute Gasteiger partial charge is 0.491 e. The molecule has 10 heteroatoms. The lowest BCUT2D eigenvalue weighted by molar-refractivity contribution is 0.0690. The van der Waals surface area contributed by atoms with E-state index in [0.29, 0.717) is 28.9 Å². The van der Waals surface area contributed by atoms with Crippen LogP contribution in [0.15, 0.2) is 52.2 Å². The van der Waals surface area contributed by atoms with E-state index in [1.807, 2.05) is 36.4 Å². The van der Waals surface area contributed by atoms with E-state index in [1.54, 1.807) is 22.9 Å². The molecular weight excluding hydrogens is 426 g/mol. The molecule has 1 saturated heterocycles. The zero-order valence-electron chi connectivity index (χ0n) is 16.4. The van der Waals surface area contributed by atoms with Crippen molar-refractivity contribution in [3.8, 4) is 5.75 Å². The number of carbonyl (C=O) groups is 2. The van der Waals surface area contributed by atoms with Crippen molar-refractivity contribution in [3.05, 3.63) is 53.6 Å². The van der Waals surface area contributed by atoms with Gasteiger partial charge in [0.15, 0.2) is 10.0 Å². The summed E-state index contributed by atoms with van der Waals surface area (Å²) in [6, 6.07) is 9.03. The third kappa shape index (κ3) is 5.97. The van der Waals surface area contributed by atoms with Gasteiger partial charge >= 0.3 is 12.0 Å². The molecule has 2 amide bonds. The van der Waals surface area contributed by atoms with Gasteiger partial charge in [0.25, 0.3) is 0 Å². The van der Waals surface area contributed by atoms with Crippen LogP contribution in [0.2, 0.25) is 0 Å². The van der Waals surface area contributed by atoms with Crippen molar-refractivity contribution in [2.75, 3.05) is 32.5 Å². The Balaban J connectivity index is 1.50. The van der Waals surface area contributed by atoms with E-state index in [-0.39, 0.29) is 24.4 Å². The van der Waals surface area contributed by atoms with Gasteiger partial charge in [0.1, 0.15) is 18.5 Å². The van der Waals surface area contributed by atoms with E-state index < -0.39 is 12.1 Å². The number of aliphatic hydroxyl groups is 1. The summed E-state index contributed by atoms with van der Waals surface area (Å²) in [7, 11) is 1.74. The maximum absolute atomic E-state index is 12.4. The first-order valence-corrected chi connectivity index (χ1v) is 11.2. The maximum Gasteiger partial charge on any atom is 0.355 e. The second kappa shape index (κ2) is 10.5. The number of hydrogen-bond donors (Lipinski definition) is 2. The Kier molecular flexibility index (Phi) is 7.72. The number of para-hydroxylation sites is 1. The molecule has 1 aromatic heterocycles. The number of aliphatic hydroxyl groups excluding tert-OH is 1. The highest BCUT2D eigenvalue weighted by atomic mass is 32.2. The van der Waals surface area contributed by atoms with Crippen molar-refractivity contribution < 1.29 is 24.5 Å². The minimum Gasteiger partial charge on any atom is -0.491 e. The SMILES string of the molecule is CN1C[C@H](/C=C/C(O)COc2ccccc2)N(CCSc2nc(C(=O)O)cs2)C1=O. The van der Waals surface area contributed by atoms with E-state index >= 15 is 0 Å². The fraction of sp³-hybridized carbons (Fsp3) is 0.350. The minimum absolute atomic E-state index is 0.0343. The van der Waals surface area contributed by atoms with Crippen molar-refractivity contribution in [2.24, 2.45) is 0 Å². The first-order chi connectivity index (χ1) is 14.4. The quantitative estimate of drug-likeness (QED) is 0.425. The van der Waals surface area contributed by atoms with Crippen LogP contribution in [0.4, 0.5) is 4.79 Å². The van der Waals surface area contributed by atoms with Crippen LogP contribution in [-0.4, -0.2) is 81.6 Å². The fourth-order valence-corrected chi connectivity index (χ4v) is 4.72. The predicted octanol–water partition coefficient (Wildman–Crippen LogP) is 2.67. The van der Waals surface area contributed by atoms with E-state index in [9.17, 15) is 14.7 Å². The third-order valence-electron chi connectivity index (χ3n) is 4.41. The zero-order chi connectivity index (χ0) is 21.5. The summed E-state index contributed by atoms with van der Waals surface area (Å²) in [6.07, 6.45) is 2.70. The third-order valence-corrected chi connectivity index (χ3v) is 6.41. The molecule has 3 rings (SSSR count). The molecule has 2 aromatic rings. The standard InChI is InChI=1S/C20H23N3O5S2/c1-22-11-14(7-8-15(24)12-28-16-5-3-2-4-6-16)23(20(22)27)9-10-29-19-21-17(13-30-19)18(25)26/h2-8,13-15,24H,9-12H2,1H3,(H,25,26)/b8-7+/t14-,15?/m0/s1. The van der Waals surface area contributed by atoms with Crippen LogP contribution < -0.4 is 4.74 Å². The normalized spacial score (nSPS) is 17.7. The summed E-state index contributed by atoms with van der Waals surface area (Å²) in [4.78, 5) is 30.8. The highest BCUT2D eigenvalue weighted by molar-refractivity contribution is 8.01. The van der Waals surface area contributed by atoms with Crippen molar-refractivity contribution in [1.29, 1.82) is 0 Å². The number of rotatable bonds is 10. The predicted molar refractivity (Wildman–Crippen MR) is 115 cm³/mol. The van der Waals surface area contributed by atoms with Crippen molar-refractivity contribution in [2.45, 2.75) is 16.5 Å². The smallest absolute Gasteiger partial charge is 0.355 e.